The molecule has 4 nitrogen and oxygen atoms in total. The van der Waals surface area contributed by atoms with E-state index < -0.39 is 5.97 Å². The van der Waals surface area contributed by atoms with E-state index in [1.165, 1.54) is 0 Å². The van der Waals surface area contributed by atoms with E-state index in [1.807, 2.05) is 55.6 Å². The van der Waals surface area contributed by atoms with Crippen molar-refractivity contribution in [1.82, 2.24) is 9.38 Å². The number of aromatic nitrogens is 2. The van der Waals surface area contributed by atoms with Crippen molar-refractivity contribution in [2.75, 3.05) is 0 Å². The minimum Gasteiger partial charge on any atom is -0.456 e. The van der Waals surface area contributed by atoms with Crippen molar-refractivity contribution in [3.05, 3.63) is 71.7 Å². The van der Waals surface area contributed by atoms with Gasteiger partial charge in [0, 0.05) is 12.4 Å². The number of rotatable bonds is 3. The molecule has 0 bridgehead atoms. The molecule has 3 rings (SSSR count). The summed E-state index contributed by atoms with van der Waals surface area (Å²) >= 11 is 0. The summed E-state index contributed by atoms with van der Waals surface area (Å²) < 4.78 is 7.11. The number of aryl methyl sites for hydroxylation is 1. The van der Waals surface area contributed by atoms with Gasteiger partial charge in [-0.15, -0.1) is 0 Å². The number of fused-ring (bicyclic) bond motifs is 1. The van der Waals surface area contributed by atoms with Crippen LogP contribution in [-0.2, 0) is 11.3 Å². The highest BCUT2D eigenvalue weighted by Gasteiger charge is 2.12. The average Bonchev–Trinajstić information content (AvgIpc) is 2.90. The predicted molar refractivity (Wildman–Crippen MR) is 75.5 cm³/mol. The molecular formula is C16H14N2O2. The lowest BCUT2D eigenvalue weighted by Gasteiger charge is -2.05. The summed E-state index contributed by atoms with van der Waals surface area (Å²) in [5.74, 6) is -0.406. The first-order chi connectivity index (χ1) is 9.74. The van der Waals surface area contributed by atoms with E-state index in [0.717, 1.165) is 16.8 Å². The van der Waals surface area contributed by atoms with E-state index in [-0.39, 0.29) is 6.61 Å². The molecule has 100 valence electrons. The van der Waals surface area contributed by atoms with Crippen LogP contribution >= 0.6 is 0 Å². The van der Waals surface area contributed by atoms with Crippen LogP contribution in [0.15, 0.2) is 54.9 Å². The molecule has 0 saturated carbocycles. The third-order valence-corrected chi connectivity index (χ3v) is 3.19. The van der Waals surface area contributed by atoms with Gasteiger partial charge in [0.1, 0.15) is 12.3 Å². The Hall–Kier alpha value is -2.62. The molecule has 0 fully saturated rings. The summed E-state index contributed by atoms with van der Waals surface area (Å²) in [6.45, 7) is 2.26. The monoisotopic (exact) mass is 266 g/mol. The van der Waals surface area contributed by atoms with Gasteiger partial charge in [-0.05, 0) is 30.2 Å². The van der Waals surface area contributed by atoms with E-state index in [1.54, 1.807) is 10.6 Å². The number of pyridine rings is 1. The summed E-state index contributed by atoms with van der Waals surface area (Å²) in [6, 6.07) is 13.4. The van der Waals surface area contributed by atoms with Gasteiger partial charge in [-0.2, -0.15) is 0 Å². The van der Waals surface area contributed by atoms with Crippen molar-refractivity contribution >= 4 is 11.6 Å². The maximum atomic E-state index is 12.0. The van der Waals surface area contributed by atoms with Crippen LogP contribution in [0.3, 0.4) is 0 Å². The molecule has 2 aromatic heterocycles. The van der Waals surface area contributed by atoms with E-state index in [0.29, 0.717) is 5.69 Å². The minimum absolute atomic E-state index is 0.263. The predicted octanol–water partition coefficient (Wildman–Crippen LogP) is 3.00. The van der Waals surface area contributed by atoms with Crippen LogP contribution in [0, 0.1) is 6.92 Å². The summed E-state index contributed by atoms with van der Waals surface area (Å²) in [7, 11) is 0. The number of nitrogens with zero attached hydrogens (tertiary/aromatic N) is 2. The molecule has 2 heterocycles. The van der Waals surface area contributed by atoms with Crippen LogP contribution in [0.2, 0.25) is 0 Å². The lowest BCUT2D eigenvalue weighted by molar-refractivity contribution is 0.0466. The number of ether oxygens (including phenoxy) is 1. The normalized spacial score (nSPS) is 10.7. The molecule has 0 aliphatic heterocycles. The van der Waals surface area contributed by atoms with E-state index in [9.17, 15) is 4.79 Å². The zero-order valence-corrected chi connectivity index (χ0v) is 11.1. The zero-order chi connectivity index (χ0) is 13.9. The third-order valence-electron chi connectivity index (χ3n) is 3.19. The molecule has 4 heteroatoms. The number of esters is 1. The van der Waals surface area contributed by atoms with Gasteiger partial charge in [-0.3, -0.25) is 0 Å². The first kappa shape index (κ1) is 12.4. The quantitative estimate of drug-likeness (QED) is 0.684. The van der Waals surface area contributed by atoms with Gasteiger partial charge in [0.15, 0.2) is 5.69 Å². The van der Waals surface area contributed by atoms with Crippen molar-refractivity contribution < 1.29 is 9.53 Å². The number of benzene rings is 1. The van der Waals surface area contributed by atoms with Gasteiger partial charge in [-0.25, -0.2) is 9.78 Å². The van der Waals surface area contributed by atoms with Crippen LogP contribution in [0.4, 0.5) is 0 Å². The Balaban J connectivity index is 1.75. The van der Waals surface area contributed by atoms with Crippen LogP contribution in [0.25, 0.3) is 5.65 Å². The Morgan fingerprint density at radius 3 is 2.80 bits per heavy atom. The molecule has 0 aliphatic carbocycles. The molecule has 0 saturated heterocycles. The summed E-state index contributed by atoms with van der Waals surface area (Å²) in [5, 5.41) is 0. The second-order valence-electron chi connectivity index (χ2n) is 4.59. The maximum absolute atomic E-state index is 12.0. The average molecular weight is 266 g/mol. The first-order valence-corrected chi connectivity index (χ1v) is 6.39. The Labute approximate surface area is 116 Å². The summed E-state index contributed by atoms with van der Waals surface area (Å²) in [5.41, 5.74) is 3.17. The number of imidazole rings is 1. The smallest absolute Gasteiger partial charge is 0.358 e. The van der Waals surface area contributed by atoms with Crippen molar-refractivity contribution in [3.63, 3.8) is 0 Å². The summed E-state index contributed by atoms with van der Waals surface area (Å²) in [6.07, 6.45) is 3.52. The lowest BCUT2D eigenvalue weighted by Crippen LogP contribution is -2.06. The van der Waals surface area contributed by atoms with Crippen LogP contribution in [0.5, 0.6) is 0 Å². The summed E-state index contributed by atoms with van der Waals surface area (Å²) in [4.78, 5) is 16.2. The van der Waals surface area contributed by atoms with Gasteiger partial charge in [-0.1, -0.05) is 30.3 Å². The Bertz CT molecular complexity index is 729. The van der Waals surface area contributed by atoms with Crippen molar-refractivity contribution in [2.45, 2.75) is 13.5 Å². The second kappa shape index (κ2) is 5.17. The van der Waals surface area contributed by atoms with Gasteiger partial charge in [0.2, 0.25) is 0 Å². The largest absolute Gasteiger partial charge is 0.456 e. The lowest BCUT2D eigenvalue weighted by atomic mass is 10.1. The van der Waals surface area contributed by atoms with Gasteiger partial charge in [0.05, 0.1) is 0 Å². The molecule has 0 unspecified atom stereocenters. The Morgan fingerprint density at radius 1 is 1.20 bits per heavy atom. The number of carbonyl (C=O) groups is 1. The van der Waals surface area contributed by atoms with E-state index in [2.05, 4.69) is 4.98 Å². The van der Waals surface area contributed by atoms with Gasteiger partial charge < -0.3 is 9.14 Å². The molecule has 0 atom stereocenters. The minimum atomic E-state index is -0.406. The van der Waals surface area contributed by atoms with Gasteiger partial charge in [0.25, 0.3) is 0 Å². The second-order valence-corrected chi connectivity index (χ2v) is 4.59. The molecule has 0 amide bonds. The third kappa shape index (κ3) is 2.40. The molecule has 1 aromatic carbocycles. The van der Waals surface area contributed by atoms with Crippen molar-refractivity contribution in [3.8, 4) is 0 Å². The van der Waals surface area contributed by atoms with E-state index in [4.69, 9.17) is 4.74 Å². The highest BCUT2D eigenvalue weighted by atomic mass is 16.5. The topological polar surface area (TPSA) is 43.6 Å². The van der Waals surface area contributed by atoms with Crippen LogP contribution < -0.4 is 0 Å². The standard InChI is InChI=1S/C16H14N2O2/c1-12-6-2-3-7-13(12)11-20-16(19)14-10-18-9-5-4-8-15(18)17-14/h2-10H,11H2,1H3. The fourth-order valence-electron chi connectivity index (χ4n) is 2.02. The zero-order valence-electron chi connectivity index (χ0n) is 11.1. The fourth-order valence-corrected chi connectivity index (χ4v) is 2.02. The van der Waals surface area contributed by atoms with E-state index >= 15 is 0 Å². The molecule has 3 aromatic rings. The molecular weight excluding hydrogens is 252 g/mol. The Kier molecular flexibility index (Phi) is 3.21. The number of carbonyl (C=O) groups excluding carboxylic acids is 1. The first-order valence-electron chi connectivity index (χ1n) is 6.39. The van der Waals surface area contributed by atoms with Crippen molar-refractivity contribution in [1.29, 1.82) is 0 Å². The highest BCUT2D eigenvalue weighted by Crippen LogP contribution is 2.11. The fraction of sp³-hybridized carbons (Fsp3) is 0.125. The number of hydrogen-bond acceptors (Lipinski definition) is 3. The molecule has 0 aliphatic rings. The number of hydrogen-bond donors (Lipinski definition) is 0. The highest BCUT2D eigenvalue weighted by molar-refractivity contribution is 5.87. The maximum Gasteiger partial charge on any atom is 0.358 e. The molecule has 0 N–H and O–H groups in total. The molecule has 0 radical (unpaired) electrons. The molecule has 0 spiro atoms. The Morgan fingerprint density at radius 2 is 2.00 bits per heavy atom. The van der Waals surface area contributed by atoms with Crippen molar-refractivity contribution in [2.24, 2.45) is 0 Å². The van der Waals surface area contributed by atoms with Gasteiger partial charge >= 0.3 is 5.97 Å². The molecule has 20 heavy (non-hydrogen) atoms. The SMILES string of the molecule is Cc1ccccc1COC(=O)c1cn2ccccc2n1. The van der Waals surface area contributed by atoms with Crippen LogP contribution in [-0.4, -0.2) is 15.4 Å². The van der Waals surface area contributed by atoms with Crippen LogP contribution in [0.1, 0.15) is 21.6 Å².